The number of piperidine rings is 1. The number of nitrogens with zero attached hydrogens (tertiary/aromatic N) is 3. The van der Waals surface area contributed by atoms with Crippen molar-refractivity contribution in [2.75, 3.05) is 13.1 Å². The summed E-state index contributed by atoms with van der Waals surface area (Å²) in [6, 6.07) is 16.8. The van der Waals surface area contributed by atoms with Crippen molar-refractivity contribution in [1.82, 2.24) is 14.3 Å². The molecule has 4 nitrogen and oxygen atoms in total. The van der Waals surface area contributed by atoms with E-state index in [1.54, 1.807) is 16.8 Å². The van der Waals surface area contributed by atoms with Gasteiger partial charge in [-0.25, -0.2) is 9.07 Å². The fraction of sp³-hybridized carbons (Fsp3) is 0.423. The van der Waals surface area contributed by atoms with E-state index in [0.29, 0.717) is 4.47 Å². The number of aromatic nitrogens is 2. The average Bonchev–Trinajstić information content (AvgIpc) is 3.05. The van der Waals surface area contributed by atoms with E-state index < -0.39 is 0 Å². The van der Waals surface area contributed by atoms with E-state index in [1.165, 1.54) is 25.3 Å². The van der Waals surface area contributed by atoms with E-state index >= 15 is 0 Å². The zero-order valence-electron chi connectivity index (χ0n) is 18.6. The predicted octanol–water partition coefficient (Wildman–Crippen LogP) is 5.80. The van der Waals surface area contributed by atoms with E-state index in [4.69, 9.17) is 0 Å². The number of aryl methyl sites for hydroxylation is 1. The molecule has 0 amide bonds. The van der Waals surface area contributed by atoms with Gasteiger partial charge < -0.3 is 0 Å². The van der Waals surface area contributed by atoms with E-state index in [1.807, 2.05) is 36.4 Å². The molecule has 1 aromatic heterocycles. The maximum Gasteiger partial charge on any atom is 0.286 e. The van der Waals surface area contributed by atoms with Crippen molar-refractivity contribution < 1.29 is 4.39 Å². The lowest BCUT2D eigenvalue weighted by Gasteiger charge is -2.32. The summed E-state index contributed by atoms with van der Waals surface area (Å²) in [6.07, 6.45) is 5.60. The van der Waals surface area contributed by atoms with Crippen molar-refractivity contribution in [3.63, 3.8) is 0 Å². The Labute approximate surface area is 197 Å². The number of likely N-dealkylation sites (tertiary alicyclic amines) is 1. The lowest BCUT2D eigenvalue weighted by Crippen LogP contribution is -2.34. The molecule has 2 aromatic carbocycles. The Kier molecular flexibility index (Phi) is 7.63. The molecule has 0 unspecified atom stereocenters. The van der Waals surface area contributed by atoms with Crippen LogP contribution in [0.4, 0.5) is 4.39 Å². The van der Waals surface area contributed by atoms with Gasteiger partial charge >= 0.3 is 0 Å². The van der Waals surface area contributed by atoms with Crippen molar-refractivity contribution in [1.29, 1.82) is 0 Å². The minimum Gasteiger partial charge on any atom is -0.297 e. The zero-order valence-corrected chi connectivity index (χ0v) is 20.2. The van der Waals surface area contributed by atoms with Crippen LogP contribution in [0.5, 0.6) is 0 Å². The quantitative estimate of drug-likeness (QED) is 0.392. The molecular weight excluding hydrogens is 469 g/mol. The smallest absolute Gasteiger partial charge is 0.286 e. The summed E-state index contributed by atoms with van der Waals surface area (Å²) in [7, 11) is 0. The topological polar surface area (TPSA) is 30.2 Å². The summed E-state index contributed by atoms with van der Waals surface area (Å²) in [5.74, 6) is 0.583. The monoisotopic (exact) mass is 499 g/mol. The lowest BCUT2D eigenvalue weighted by atomic mass is 9.90. The van der Waals surface area contributed by atoms with Crippen LogP contribution in [-0.2, 0) is 19.5 Å². The lowest BCUT2D eigenvalue weighted by molar-refractivity contribution is 0.166. The van der Waals surface area contributed by atoms with Gasteiger partial charge in [0.2, 0.25) is 0 Å². The van der Waals surface area contributed by atoms with Gasteiger partial charge in [-0.2, -0.15) is 0 Å². The summed E-state index contributed by atoms with van der Waals surface area (Å²) < 4.78 is 17.9. The van der Waals surface area contributed by atoms with Gasteiger partial charge in [-0.3, -0.25) is 14.4 Å². The van der Waals surface area contributed by atoms with Crippen LogP contribution in [-0.4, -0.2) is 27.4 Å². The standard InChI is InChI=1S/C26H31BrFN3O/c1-2-30-24(25(27)26(32)31(30)23-12-4-3-5-13-23)19-29-16-14-20(15-17-29)8-6-9-21-10-7-11-22(28)18-21/h3-5,7,10-13,18,20H,2,6,8-9,14-17,19H2,1H3. The Morgan fingerprint density at radius 2 is 1.81 bits per heavy atom. The third-order valence-corrected chi connectivity index (χ3v) is 7.33. The minimum absolute atomic E-state index is 0.000264. The molecule has 0 saturated carbocycles. The molecule has 0 aliphatic carbocycles. The summed E-state index contributed by atoms with van der Waals surface area (Å²) in [5, 5.41) is 0. The second-order valence-electron chi connectivity index (χ2n) is 8.67. The van der Waals surface area contributed by atoms with Crippen molar-refractivity contribution in [2.45, 2.75) is 52.1 Å². The highest BCUT2D eigenvalue weighted by Gasteiger charge is 2.24. The van der Waals surface area contributed by atoms with Gasteiger partial charge in [0.1, 0.15) is 10.3 Å². The van der Waals surface area contributed by atoms with E-state index in [0.717, 1.165) is 61.9 Å². The molecule has 0 N–H and O–H groups in total. The zero-order chi connectivity index (χ0) is 22.5. The van der Waals surface area contributed by atoms with Crippen LogP contribution in [0.1, 0.15) is 43.9 Å². The van der Waals surface area contributed by atoms with E-state index in [-0.39, 0.29) is 11.4 Å². The van der Waals surface area contributed by atoms with Crippen LogP contribution in [0, 0.1) is 11.7 Å². The third kappa shape index (κ3) is 5.24. The first-order valence-electron chi connectivity index (χ1n) is 11.6. The van der Waals surface area contributed by atoms with Crippen LogP contribution >= 0.6 is 15.9 Å². The molecule has 0 spiro atoms. The molecule has 0 atom stereocenters. The number of rotatable bonds is 8. The van der Waals surface area contributed by atoms with Crippen molar-refractivity contribution >= 4 is 15.9 Å². The van der Waals surface area contributed by atoms with Gasteiger partial charge in [0.25, 0.3) is 5.56 Å². The van der Waals surface area contributed by atoms with Gasteiger partial charge in [0.15, 0.2) is 0 Å². The summed E-state index contributed by atoms with van der Waals surface area (Å²) in [6.45, 7) is 5.69. The fourth-order valence-corrected chi connectivity index (χ4v) is 5.30. The molecule has 3 aromatic rings. The molecule has 2 heterocycles. The predicted molar refractivity (Wildman–Crippen MR) is 131 cm³/mol. The Morgan fingerprint density at radius 1 is 1.06 bits per heavy atom. The average molecular weight is 500 g/mol. The molecule has 4 rings (SSSR count). The van der Waals surface area contributed by atoms with E-state index in [9.17, 15) is 9.18 Å². The molecule has 170 valence electrons. The Bertz CT molecular complexity index is 1080. The van der Waals surface area contributed by atoms with Crippen LogP contribution in [0.3, 0.4) is 0 Å². The maximum atomic E-state index is 13.3. The minimum atomic E-state index is -0.145. The Balaban J connectivity index is 1.35. The second-order valence-corrected chi connectivity index (χ2v) is 9.46. The number of para-hydroxylation sites is 1. The van der Waals surface area contributed by atoms with Gasteiger partial charge in [-0.15, -0.1) is 0 Å². The first-order chi connectivity index (χ1) is 15.6. The molecular formula is C26H31BrFN3O. The fourth-order valence-electron chi connectivity index (χ4n) is 4.80. The van der Waals surface area contributed by atoms with Crippen LogP contribution in [0.2, 0.25) is 0 Å². The number of hydrogen-bond acceptors (Lipinski definition) is 2. The molecule has 6 heteroatoms. The molecule has 1 saturated heterocycles. The van der Waals surface area contributed by atoms with Gasteiger partial charge in [0, 0.05) is 13.1 Å². The van der Waals surface area contributed by atoms with Crippen LogP contribution in [0.15, 0.2) is 63.9 Å². The molecule has 1 aliphatic rings. The molecule has 0 radical (unpaired) electrons. The molecule has 1 aliphatic heterocycles. The van der Waals surface area contributed by atoms with Crippen molar-refractivity contribution in [3.8, 4) is 5.69 Å². The normalized spacial score (nSPS) is 15.3. The molecule has 32 heavy (non-hydrogen) atoms. The molecule has 0 bridgehead atoms. The Hall–Kier alpha value is -2.18. The van der Waals surface area contributed by atoms with Crippen LogP contribution < -0.4 is 5.56 Å². The highest BCUT2D eigenvalue weighted by Crippen LogP contribution is 2.26. The highest BCUT2D eigenvalue weighted by atomic mass is 79.9. The Morgan fingerprint density at radius 3 is 2.50 bits per heavy atom. The van der Waals surface area contributed by atoms with Crippen molar-refractivity contribution in [3.05, 3.63) is 86.5 Å². The summed E-state index contributed by atoms with van der Waals surface area (Å²) in [5.41, 5.74) is 3.03. The molecule has 1 fully saturated rings. The third-order valence-electron chi connectivity index (χ3n) is 6.53. The van der Waals surface area contributed by atoms with Gasteiger partial charge in [-0.1, -0.05) is 36.8 Å². The van der Waals surface area contributed by atoms with Gasteiger partial charge in [-0.05, 0) is 97.4 Å². The first-order valence-corrected chi connectivity index (χ1v) is 12.4. The van der Waals surface area contributed by atoms with Gasteiger partial charge in [0.05, 0.1) is 11.4 Å². The van der Waals surface area contributed by atoms with E-state index in [2.05, 4.69) is 32.4 Å². The highest BCUT2D eigenvalue weighted by molar-refractivity contribution is 9.10. The maximum absolute atomic E-state index is 13.3. The number of benzene rings is 2. The number of hydrogen-bond donors (Lipinski definition) is 0. The second kappa shape index (κ2) is 10.6. The summed E-state index contributed by atoms with van der Waals surface area (Å²) in [4.78, 5) is 15.4. The van der Waals surface area contributed by atoms with Crippen molar-refractivity contribution in [2.24, 2.45) is 5.92 Å². The first kappa shape index (κ1) is 23.0. The summed E-state index contributed by atoms with van der Waals surface area (Å²) >= 11 is 3.58. The largest absolute Gasteiger partial charge is 0.297 e. The number of halogens is 2. The SMILES string of the molecule is CCn1c(CN2CCC(CCCc3cccc(F)c3)CC2)c(Br)c(=O)n1-c1ccccc1. The van der Waals surface area contributed by atoms with Crippen LogP contribution in [0.25, 0.3) is 5.69 Å².